The molecular weight excluding hydrogens is 232 g/mol. The van der Waals surface area contributed by atoms with Gasteiger partial charge in [0.2, 0.25) is 0 Å². The van der Waals surface area contributed by atoms with Crippen molar-refractivity contribution in [2.24, 2.45) is 0 Å². The first-order chi connectivity index (χ1) is 9.17. The molecular formula is C18H22O. The first kappa shape index (κ1) is 13.8. The van der Waals surface area contributed by atoms with Crippen LogP contribution in [0.4, 0.5) is 0 Å². The number of carbonyl (C=O) groups excluding carboxylic acids is 1. The average Bonchev–Trinajstić information content (AvgIpc) is 2.40. The van der Waals surface area contributed by atoms with E-state index in [1.165, 1.54) is 21.9 Å². The van der Waals surface area contributed by atoms with Gasteiger partial charge in [-0.3, -0.25) is 4.79 Å². The number of hydrogen-bond acceptors (Lipinski definition) is 1. The molecule has 1 heteroatoms. The Morgan fingerprint density at radius 1 is 0.947 bits per heavy atom. The van der Waals surface area contributed by atoms with Gasteiger partial charge in [-0.15, -0.1) is 0 Å². The van der Waals surface area contributed by atoms with Crippen LogP contribution in [0.25, 0.3) is 10.8 Å². The van der Waals surface area contributed by atoms with Crippen LogP contribution in [-0.2, 0) is 12.8 Å². The highest BCUT2D eigenvalue weighted by atomic mass is 16.1. The lowest BCUT2D eigenvalue weighted by molar-refractivity contribution is 0.101. The number of carbonyl (C=O) groups is 1. The summed E-state index contributed by atoms with van der Waals surface area (Å²) in [6.07, 6.45) is 4.35. The summed E-state index contributed by atoms with van der Waals surface area (Å²) in [6, 6.07) is 10.7. The number of fused-ring (bicyclic) bond motifs is 1. The summed E-state index contributed by atoms with van der Waals surface area (Å²) in [7, 11) is 0. The molecule has 1 nitrogen and oxygen atoms in total. The van der Waals surface area contributed by atoms with Crippen molar-refractivity contribution >= 4 is 16.6 Å². The molecule has 0 fully saturated rings. The molecule has 0 aromatic heterocycles. The van der Waals surface area contributed by atoms with Crippen molar-refractivity contribution in [1.29, 1.82) is 0 Å². The third kappa shape index (κ3) is 2.86. The van der Waals surface area contributed by atoms with E-state index in [0.29, 0.717) is 0 Å². The van der Waals surface area contributed by atoms with Crippen molar-refractivity contribution in [1.82, 2.24) is 0 Å². The van der Waals surface area contributed by atoms with Gasteiger partial charge in [0, 0.05) is 5.56 Å². The van der Waals surface area contributed by atoms with Crippen LogP contribution in [0.5, 0.6) is 0 Å². The summed E-state index contributed by atoms with van der Waals surface area (Å²) < 4.78 is 0. The molecule has 2 rings (SSSR count). The molecule has 0 aliphatic heterocycles. The van der Waals surface area contributed by atoms with Crippen LogP contribution < -0.4 is 0 Å². The van der Waals surface area contributed by atoms with E-state index in [1.807, 2.05) is 0 Å². The maximum atomic E-state index is 11.7. The van der Waals surface area contributed by atoms with Gasteiger partial charge in [0.25, 0.3) is 0 Å². The zero-order chi connectivity index (χ0) is 13.8. The fraction of sp³-hybridized carbons (Fsp3) is 0.389. The molecule has 0 spiro atoms. The average molecular weight is 254 g/mol. The van der Waals surface area contributed by atoms with Crippen LogP contribution in [0.1, 0.15) is 55.1 Å². The SMILES string of the molecule is CCCc1cc(C(C)=O)cc2c(CCC)cccc12. The lowest BCUT2D eigenvalue weighted by Crippen LogP contribution is -1.98. The first-order valence-corrected chi connectivity index (χ1v) is 7.22. The Labute approximate surface area is 115 Å². The Bertz CT molecular complexity index is 596. The lowest BCUT2D eigenvalue weighted by atomic mass is 9.92. The summed E-state index contributed by atoms with van der Waals surface area (Å²) in [6.45, 7) is 6.03. The molecule has 0 unspecified atom stereocenters. The summed E-state index contributed by atoms with van der Waals surface area (Å²) in [5, 5.41) is 2.58. The number of aryl methyl sites for hydroxylation is 2. The van der Waals surface area contributed by atoms with Gasteiger partial charge in [-0.25, -0.2) is 0 Å². The van der Waals surface area contributed by atoms with Gasteiger partial charge in [-0.2, -0.15) is 0 Å². The Kier molecular flexibility index (Phi) is 4.36. The third-order valence-electron chi connectivity index (χ3n) is 3.62. The molecule has 0 aliphatic rings. The minimum absolute atomic E-state index is 0.158. The first-order valence-electron chi connectivity index (χ1n) is 7.22. The second-order valence-electron chi connectivity index (χ2n) is 5.20. The normalized spacial score (nSPS) is 10.9. The largest absolute Gasteiger partial charge is 0.295 e. The summed E-state index contributed by atoms with van der Waals surface area (Å²) in [4.78, 5) is 11.7. The molecule has 0 N–H and O–H groups in total. The van der Waals surface area contributed by atoms with Gasteiger partial charge in [0.05, 0.1) is 0 Å². The van der Waals surface area contributed by atoms with E-state index in [9.17, 15) is 4.79 Å². The molecule has 0 aliphatic carbocycles. The molecule has 2 aromatic rings. The number of benzene rings is 2. The molecule has 0 atom stereocenters. The van der Waals surface area contributed by atoms with Gasteiger partial charge in [-0.1, -0.05) is 44.9 Å². The van der Waals surface area contributed by atoms with Crippen LogP contribution in [0.3, 0.4) is 0 Å². The second kappa shape index (κ2) is 6.01. The van der Waals surface area contributed by atoms with Crippen LogP contribution >= 0.6 is 0 Å². The molecule has 0 amide bonds. The predicted molar refractivity (Wildman–Crippen MR) is 81.9 cm³/mol. The summed E-state index contributed by atoms with van der Waals surface area (Å²) in [5.41, 5.74) is 3.52. The maximum Gasteiger partial charge on any atom is 0.159 e. The summed E-state index contributed by atoms with van der Waals surface area (Å²) >= 11 is 0. The Hall–Kier alpha value is -1.63. The van der Waals surface area contributed by atoms with Crippen LogP contribution in [-0.4, -0.2) is 5.78 Å². The van der Waals surface area contributed by atoms with Crippen molar-refractivity contribution in [2.75, 3.05) is 0 Å². The monoisotopic (exact) mass is 254 g/mol. The van der Waals surface area contributed by atoms with E-state index in [4.69, 9.17) is 0 Å². The molecule has 0 radical (unpaired) electrons. The zero-order valence-electron chi connectivity index (χ0n) is 12.1. The number of hydrogen-bond donors (Lipinski definition) is 0. The van der Waals surface area contributed by atoms with Crippen molar-refractivity contribution in [3.63, 3.8) is 0 Å². The Morgan fingerprint density at radius 2 is 1.63 bits per heavy atom. The predicted octanol–water partition coefficient (Wildman–Crippen LogP) is 4.95. The molecule has 0 saturated carbocycles. The molecule has 19 heavy (non-hydrogen) atoms. The highest BCUT2D eigenvalue weighted by molar-refractivity contribution is 6.00. The van der Waals surface area contributed by atoms with Gasteiger partial charge in [0.15, 0.2) is 5.78 Å². The second-order valence-corrected chi connectivity index (χ2v) is 5.20. The zero-order valence-corrected chi connectivity index (χ0v) is 12.1. The van der Waals surface area contributed by atoms with Crippen molar-refractivity contribution in [2.45, 2.75) is 46.5 Å². The fourth-order valence-corrected chi connectivity index (χ4v) is 2.69. The van der Waals surface area contributed by atoms with Gasteiger partial charge >= 0.3 is 0 Å². The highest BCUT2D eigenvalue weighted by Gasteiger charge is 2.09. The molecule has 0 saturated heterocycles. The smallest absolute Gasteiger partial charge is 0.159 e. The third-order valence-corrected chi connectivity index (χ3v) is 3.62. The minimum atomic E-state index is 0.158. The van der Waals surface area contributed by atoms with Gasteiger partial charge in [-0.05, 0) is 53.8 Å². The number of Topliss-reactive ketones (excluding diaryl/α,β-unsaturated/α-hetero) is 1. The molecule has 100 valence electrons. The maximum absolute atomic E-state index is 11.7. The number of rotatable bonds is 5. The minimum Gasteiger partial charge on any atom is -0.295 e. The Balaban J connectivity index is 2.71. The summed E-state index contributed by atoms with van der Waals surface area (Å²) in [5.74, 6) is 0.158. The quantitative estimate of drug-likeness (QED) is 0.690. The van der Waals surface area contributed by atoms with E-state index < -0.39 is 0 Å². The molecule has 0 bridgehead atoms. The standard InChI is InChI=1S/C18H22O/c1-4-7-14-9-6-10-17-15(8-5-2)11-16(13(3)19)12-18(14)17/h6,9-12H,4-5,7-8H2,1-3H3. The van der Waals surface area contributed by atoms with Crippen LogP contribution in [0.15, 0.2) is 30.3 Å². The molecule has 2 aromatic carbocycles. The highest BCUT2D eigenvalue weighted by Crippen LogP contribution is 2.26. The Morgan fingerprint density at radius 3 is 2.26 bits per heavy atom. The van der Waals surface area contributed by atoms with E-state index in [2.05, 4.69) is 44.2 Å². The van der Waals surface area contributed by atoms with Crippen molar-refractivity contribution < 1.29 is 4.79 Å². The number of ketones is 1. The fourth-order valence-electron chi connectivity index (χ4n) is 2.69. The van der Waals surface area contributed by atoms with Crippen LogP contribution in [0.2, 0.25) is 0 Å². The van der Waals surface area contributed by atoms with E-state index in [-0.39, 0.29) is 5.78 Å². The topological polar surface area (TPSA) is 17.1 Å². The lowest BCUT2D eigenvalue weighted by Gasteiger charge is -2.12. The van der Waals surface area contributed by atoms with Crippen molar-refractivity contribution in [3.8, 4) is 0 Å². The van der Waals surface area contributed by atoms with Crippen LogP contribution in [0, 0.1) is 0 Å². The van der Waals surface area contributed by atoms with Gasteiger partial charge in [0.1, 0.15) is 0 Å². The van der Waals surface area contributed by atoms with E-state index >= 15 is 0 Å². The van der Waals surface area contributed by atoms with Crippen molar-refractivity contribution in [3.05, 3.63) is 47.0 Å². The molecule has 0 heterocycles. The van der Waals surface area contributed by atoms with E-state index in [0.717, 1.165) is 31.2 Å². The van der Waals surface area contributed by atoms with E-state index in [1.54, 1.807) is 6.92 Å². The van der Waals surface area contributed by atoms with Gasteiger partial charge < -0.3 is 0 Å².